The first-order valence-electron chi connectivity index (χ1n) is 33.8. The van der Waals surface area contributed by atoms with Gasteiger partial charge in [0.15, 0.2) is 46.5 Å². The second kappa shape index (κ2) is 31.7. The van der Waals surface area contributed by atoms with Crippen molar-refractivity contribution in [2.45, 2.75) is 103 Å². The van der Waals surface area contributed by atoms with Crippen LogP contribution in [0.25, 0.3) is 90.9 Å². The maximum atomic E-state index is 17.2. The van der Waals surface area contributed by atoms with Crippen LogP contribution in [0.5, 0.6) is 23.0 Å². The Morgan fingerprint density at radius 3 is 0.699 bits per heavy atom. The summed E-state index contributed by atoms with van der Waals surface area (Å²) in [6.07, 6.45) is 7.23. The third-order valence-electron chi connectivity index (χ3n) is 18.0. The summed E-state index contributed by atoms with van der Waals surface area (Å²) in [5.74, 6) is -22.1. The van der Waals surface area contributed by atoms with Crippen molar-refractivity contribution in [1.82, 2.24) is 19.9 Å². The number of rotatable bonds is 24. The molecule has 0 spiro atoms. The van der Waals surface area contributed by atoms with Gasteiger partial charge in [0, 0.05) is 11.1 Å². The van der Waals surface area contributed by atoms with Crippen LogP contribution in [0, 0.1) is 58.2 Å². The van der Waals surface area contributed by atoms with Crippen molar-refractivity contribution in [3.05, 3.63) is 285 Å². The van der Waals surface area contributed by atoms with Gasteiger partial charge in [-0.05, 0) is 108 Å². The SMILES string of the molecule is CCC[C@@H](Oc1cccc(O[C@H](CCC)c2ccccc2)c1-c1c2nc(c(-c3c(F)c(F)c(F)c(F)c3F)c3ccc([n-]3)c(-c3c(O[C@H](CCC)c4ccccc4)cccc3O[C@H](CCC)c3ccccc3)c3nc(c(-c4c(F)c(F)c(F)c(F)c4F)c4ccc1[n-]4)C=C3)C=C2)c1ccccc1.[Mn+2]. The molecule has 11 aromatic rings. The molecule has 8 bridgehead atoms. The van der Waals surface area contributed by atoms with E-state index in [2.05, 4.69) is 0 Å². The smallest absolute Gasteiger partial charge is 0.657 e. The average molecular weight is 1440 g/mol. The molecule has 19 heteroatoms. The molecule has 0 unspecified atom stereocenters. The zero-order valence-corrected chi connectivity index (χ0v) is 57.4. The van der Waals surface area contributed by atoms with Crippen molar-refractivity contribution in [2.75, 3.05) is 0 Å². The Morgan fingerprint density at radius 1 is 0.262 bits per heavy atom. The van der Waals surface area contributed by atoms with E-state index < -0.39 is 105 Å². The molecular weight excluding hydrogens is 1370 g/mol. The predicted octanol–water partition coefficient (Wildman–Crippen LogP) is 23.7. The normalized spacial score (nSPS) is 13.0. The minimum atomic E-state index is -2.42. The molecular formula is C84H66F10MnN4O4. The molecule has 0 N–H and O–H groups in total. The number of aromatic nitrogens is 4. The molecule has 523 valence electrons. The van der Waals surface area contributed by atoms with Gasteiger partial charge in [-0.15, -0.1) is 22.1 Å². The minimum Gasteiger partial charge on any atom is -0.657 e. The first-order valence-corrected chi connectivity index (χ1v) is 33.8. The van der Waals surface area contributed by atoms with Crippen LogP contribution in [0.2, 0.25) is 0 Å². The maximum absolute atomic E-state index is 17.2. The molecule has 0 fully saturated rings. The van der Waals surface area contributed by atoms with Crippen molar-refractivity contribution in [2.24, 2.45) is 0 Å². The van der Waals surface area contributed by atoms with E-state index in [4.69, 9.17) is 38.9 Å². The molecule has 13 rings (SSSR count). The van der Waals surface area contributed by atoms with Gasteiger partial charge >= 0.3 is 17.1 Å². The summed E-state index contributed by atoms with van der Waals surface area (Å²) in [5, 5.41) is 0. The van der Waals surface area contributed by atoms with Crippen LogP contribution >= 0.6 is 0 Å². The maximum Gasteiger partial charge on any atom is 2.00 e. The van der Waals surface area contributed by atoms with Crippen molar-refractivity contribution in [1.29, 1.82) is 0 Å². The van der Waals surface area contributed by atoms with E-state index in [-0.39, 0.29) is 107 Å². The number of halogens is 10. The van der Waals surface area contributed by atoms with E-state index in [0.29, 0.717) is 51.4 Å². The Kier molecular flexibility index (Phi) is 22.2. The first kappa shape index (κ1) is 72.2. The fourth-order valence-corrected chi connectivity index (χ4v) is 13.2. The topological polar surface area (TPSA) is 90.9 Å². The van der Waals surface area contributed by atoms with Gasteiger partial charge in [0.1, 0.15) is 47.4 Å². The molecule has 2 aliphatic rings. The Balaban J connectivity index is 0.00001000. The molecule has 0 saturated heterocycles. The Labute approximate surface area is 599 Å². The zero-order valence-electron chi connectivity index (χ0n) is 56.2. The van der Waals surface area contributed by atoms with E-state index in [1.807, 2.05) is 149 Å². The summed E-state index contributed by atoms with van der Waals surface area (Å²) >= 11 is 0. The van der Waals surface area contributed by atoms with Crippen LogP contribution in [0.3, 0.4) is 0 Å². The summed E-state index contributed by atoms with van der Waals surface area (Å²) in [5.41, 5.74) is -2.71. The predicted molar refractivity (Wildman–Crippen MR) is 377 cm³/mol. The molecule has 0 saturated carbocycles. The van der Waals surface area contributed by atoms with Crippen LogP contribution < -0.4 is 28.9 Å². The zero-order chi connectivity index (χ0) is 71.3. The van der Waals surface area contributed by atoms with Crippen LogP contribution in [0.4, 0.5) is 43.9 Å². The number of ether oxygens (including phenoxy) is 4. The average Bonchev–Trinajstić information content (AvgIpc) is 1.65. The van der Waals surface area contributed by atoms with Crippen LogP contribution in [-0.2, 0) is 17.1 Å². The number of hydrogen-bond acceptors (Lipinski definition) is 6. The van der Waals surface area contributed by atoms with E-state index in [1.54, 1.807) is 36.4 Å². The third kappa shape index (κ3) is 14.4. The van der Waals surface area contributed by atoms with Crippen molar-refractivity contribution in [3.8, 4) is 67.5 Å². The molecule has 0 aliphatic carbocycles. The van der Waals surface area contributed by atoms with Crippen molar-refractivity contribution in [3.63, 3.8) is 0 Å². The number of nitrogens with zero attached hydrogens (tertiary/aromatic N) is 4. The molecule has 5 heterocycles. The molecule has 3 aromatic heterocycles. The van der Waals surface area contributed by atoms with Crippen LogP contribution in [0.15, 0.2) is 182 Å². The second-order valence-corrected chi connectivity index (χ2v) is 24.7. The van der Waals surface area contributed by atoms with Gasteiger partial charge in [-0.2, -0.15) is 0 Å². The summed E-state index contributed by atoms with van der Waals surface area (Å²) in [7, 11) is 0. The molecule has 8 nitrogen and oxygen atoms in total. The fraction of sp³-hybridized carbons (Fsp3) is 0.190. The summed E-state index contributed by atoms with van der Waals surface area (Å²) in [4.78, 5) is 20.3. The van der Waals surface area contributed by atoms with Gasteiger partial charge in [-0.25, -0.2) is 53.9 Å². The van der Waals surface area contributed by atoms with Gasteiger partial charge in [-0.3, -0.25) is 0 Å². The van der Waals surface area contributed by atoms with Gasteiger partial charge in [-0.1, -0.05) is 211 Å². The minimum absolute atomic E-state index is 0. The fourth-order valence-electron chi connectivity index (χ4n) is 13.2. The molecule has 4 atom stereocenters. The van der Waals surface area contributed by atoms with Gasteiger partial charge < -0.3 is 28.9 Å². The van der Waals surface area contributed by atoms with E-state index in [0.717, 1.165) is 22.3 Å². The van der Waals surface area contributed by atoms with Gasteiger partial charge in [0.05, 0.1) is 45.0 Å². The van der Waals surface area contributed by atoms with E-state index in [1.165, 1.54) is 48.6 Å². The van der Waals surface area contributed by atoms with Crippen molar-refractivity contribution < 1.29 is 79.9 Å². The Hall–Kier alpha value is -10.6. The van der Waals surface area contributed by atoms with E-state index >= 15 is 43.9 Å². The van der Waals surface area contributed by atoms with Gasteiger partial charge in [0.2, 0.25) is 11.6 Å². The quantitative estimate of drug-likeness (QED) is 0.0256. The van der Waals surface area contributed by atoms with Gasteiger partial charge in [0.25, 0.3) is 0 Å². The molecule has 103 heavy (non-hydrogen) atoms. The number of hydrogen-bond donors (Lipinski definition) is 0. The van der Waals surface area contributed by atoms with Crippen LogP contribution in [-0.4, -0.2) is 9.97 Å². The summed E-state index contributed by atoms with van der Waals surface area (Å²) < 4.78 is 193. The molecule has 2 aliphatic heterocycles. The summed E-state index contributed by atoms with van der Waals surface area (Å²) in [6.45, 7) is 7.91. The molecule has 1 radical (unpaired) electrons. The molecule has 8 aromatic carbocycles. The van der Waals surface area contributed by atoms with Crippen molar-refractivity contribution >= 4 is 46.4 Å². The Morgan fingerprint density at radius 2 is 0.476 bits per heavy atom. The third-order valence-corrected chi connectivity index (χ3v) is 18.0. The number of fused-ring (bicyclic) bond motifs is 8. The largest absolute Gasteiger partial charge is 2.00 e. The summed E-state index contributed by atoms with van der Waals surface area (Å²) in [6, 6.07) is 52.9. The van der Waals surface area contributed by atoms with E-state index in [9.17, 15) is 0 Å². The van der Waals surface area contributed by atoms with Crippen LogP contribution in [0.1, 0.15) is 149 Å². The standard InChI is InChI=1S/C84H66F10N4O4.Mn/c1-5-23-59(47-27-13-9-14-28-47)99-63-35-21-36-64(100-60(24-6-2)48-29-15-10-16-30-48)71(63)67-51-39-43-55(95-51)69(73-75(85)79(89)83(93)80(90)76(73)86)57-45-41-53(97-57)68(54-42-46-58(98-54)70(56-44-40-52(67)96-56)74-77(87)81(91)84(94)82(92)78(74)88)72-65(101-61(25-7-3)49-31-17-11-18-32-49)37-22-38-66(72)102-62(26-8-4)50-33-19-12-20-34-50;/h9-22,27-46,59-62H,5-8,23-26H2,1-4H3;/q-2;+2/t59-,60-,61-,62-;/m1./s1. The Bertz CT molecular complexity index is 4650. The first-order chi connectivity index (χ1) is 49.6. The monoisotopic (exact) mass is 1440 g/mol. The molecule has 0 amide bonds. The number of benzene rings is 8. The second-order valence-electron chi connectivity index (χ2n) is 24.7.